The predicted molar refractivity (Wildman–Crippen MR) is 115 cm³/mol. The number of carbonyl (C=O) groups excluding carboxylic acids is 4. The monoisotopic (exact) mass is 453 g/mol. The zero-order chi connectivity index (χ0) is 24.0. The molecule has 180 valence electrons. The molecule has 0 bridgehead atoms. The highest BCUT2D eigenvalue weighted by Gasteiger charge is 2.43. The molecule has 0 aliphatic carbocycles. The summed E-state index contributed by atoms with van der Waals surface area (Å²) in [6, 6.07) is -3.44. The summed E-state index contributed by atoms with van der Waals surface area (Å²) in [6.45, 7) is 4.74. The van der Waals surface area contributed by atoms with Crippen LogP contribution < -0.4 is 16.8 Å². The third-order valence-corrected chi connectivity index (χ3v) is 6.00. The van der Waals surface area contributed by atoms with E-state index in [1.807, 2.05) is 13.8 Å². The highest BCUT2D eigenvalue weighted by atomic mass is 16.4. The molecule has 2 rings (SSSR count). The summed E-state index contributed by atoms with van der Waals surface area (Å²) in [6.07, 6.45) is 2.38. The molecule has 6 N–H and O–H groups in total. The van der Waals surface area contributed by atoms with Gasteiger partial charge in [-0.3, -0.25) is 19.2 Å². The fraction of sp³-hybridized carbons (Fsp3) is 0.762. The van der Waals surface area contributed by atoms with Crippen LogP contribution in [0, 0.1) is 5.92 Å². The number of carboxylic acids is 1. The fourth-order valence-corrected chi connectivity index (χ4v) is 4.42. The number of nitrogens with zero attached hydrogens (tertiary/aromatic N) is 2. The normalized spacial score (nSPS) is 22.6. The molecule has 4 atom stereocenters. The number of rotatable bonds is 10. The summed E-state index contributed by atoms with van der Waals surface area (Å²) in [5.74, 6) is -2.84. The molecule has 11 heteroatoms. The lowest BCUT2D eigenvalue weighted by atomic mass is 10.0. The van der Waals surface area contributed by atoms with Crippen LogP contribution in [0.1, 0.15) is 58.8 Å². The summed E-state index contributed by atoms with van der Waals surface area (Å²) in [5, 5.41) is 11.8. The second kappa shape index (κ2) is 11.3. The van der Waals surface area contributed by atoms with E-state index in [1.165, 1.54) is 9.80 Å². The van der Waals surface area contributed by atoms with Gasteiger partial charge < -0.3 is 31.7 Å². The molecule has 0 aromatic heterocycles. The maximum Gasteiger partial charge on any atom is 0.326 e. The Bertz CT molecular complexity index is 742. The Morgan fingerprint density at radius 1 is 1.03 bits per heavy atom. The van der Waals surface area contributed by atoms with E-state index in [9.17, 15) is 29.1 Å². The first-order valence-corrected chi connectivity index (χ1v) is 11.2. The van der Waals surface area contributed by atoms with Crippen molar-refractivity contribution in [3.63, 3.8) is 0 Å². The van der Waals surface area contributed by atoms with E-state index in [-0.39, 0.29) is 30.6 Å². The van der Waals surface area contributed by atoms with Crippen molar-refractivity contribution in [3.8, 4) is 0 Å². The minimum absolute atomic E-state index is 0.129. The highest BCUT2D eigenvalue weighted by Crippen LogP contribution is 2.26. The SMILES string of the molecule is CC(C)CC(N)C(=O)N1CCCC1C(=O)N1CCCC1C(=O)NC(CCC(N)=O)C(=O)O. The molecule has 4 unspecified atom stereocenters. The van der Waals surface area contributed by atoms with Gasteiger partial charge in [-0.15, -0.1) is 0 Å². The van der Waals surface area contributed by atoms with Gasteiger partial charge in [0.2, 0.25) is 23.6 Å². The molecule has 0 aromatic rings. The van der Waals surface area contributed by atoms with Crippen molar-refractivity contribution < 1.29 is 29.1 Å². The minimum atomic E-state index is -1.28. The number of hydrogen-bond acceptors (Lipinski definition) is 6. The molecule has 0 radical (unpaired) electrons. The minimum Gasteiger partial charge on any atom is -0.480 e. The fourth-order valence-electron chi connectivity index (χ4n) is 4.42. The molecule has 32 heavy (non-hydrogen) atoms. The largest absolute Gasteiger partial charge is 0.480 e. The number of hydrogen-bond donors (Lipinski definition) is 4. The van der Waals surface area contributed by atoms with E-state index in [0.29, 0.717) is 45.2 Å². The first kappa shape index (κ1) is 25.6. The summed E-state index contributed by atoms with van der Waals surface area (Å²) in [7, 11) is 0. The maximum absolute atomic E-state index is 13.3. The highest BCUT2D eigenvalue weighted by molar-refractivity contribution is 5.95. The van der Waals surface area contributed by atoms with Gasteiger partial charge in [0.15, 0.2) is 0 Å². The van der Waals surface area contributed by atoms with E-state index in [4.69, 9.17) is 11.5 Å². The predicted octanol–water partition coefficient (Wildman–Crippen LogP) is -0.823. The van der Waals surface area contributed by atoms with E-state index in [2.05, 4.69) is 5.32 Å². The Kier molecular flexibility index (Phi) is 8.99. The Labute approximate surface area is 187 Å². The number of amides is 4. The van der Waals surface area contributed by atoms with Crippen LogP contribution in [0.15, 0.2) is 0 Å². The van der Waals surface area contributed by atoms with Crippen LogP contribution in [0.3, 0.4) is 0 Å². The standard InChI is InChI=1S/C21H35N5O6/c1-12(2)11-13(22)19(29)26-10-4-6-16(26)20(30)25-9-3-5-15(25)18(28)24-14(21(31)32)7-8-17(23)27/h12-16H,3-11,22H2,1-2H3,(H2,23,27)(H,24,28)(H,31,32). The van der Waals surface area contributed by atoms with Crippen molar-refractivity contribution >= 4 is 29.6 Å². The van der Waals surface area contributed by atoms with Crippen molar-refractivity contribution in [1.29, 1.82) is 0 Å². The van der Waals surface area contributed by atoms with E-state index in [0.717, 1.165) is 0 Å². The molecule has 2 aliphatic rings. The van der Waals surface area contributed by atoms with Crippen LogP contribution in [0.4, 0.5) is 0 Å². The second-order valence-corrected chi connectivity index (χ2v) is 9.02. The zero-order valence-corrected chi connectivity index (χ0v) is 18.8. The van der Waals surface area contributed by atoms with Crippen LogP contribution in [0.5, 0.6) is 0 Å². The van der Waals surface area contributed by atoms with Gasteiger partial charge in [-0.1, -0.05) is 13.8 Å². The number of carbonyl (C=O) groups is 5. The number of nitrogens with one attached hydrogen (secondary N) is 1. The third kappa shape index (κ3) is 6.41. The number of aliphatic carboxylic acids is 1. The molecule has 2 fully saturated rings. The molecule has 0 aromatic carbocycles. The average Bonchev–Trinajstić information content (AvgIpc) is 3.38. The molecule has 11 nitrogen and oxygen atoms in total. The van der Waals surface area contributed by atoms with Gasteiger partial charge in [-0.2, -0.15) is 0 Å². The first-order chi connectivity index (χ1) is 15.0. The van der Waals surface area contributed by atoms with Gasteiger partial charge in [0.05, 0.1) is 6.04 Å². The zero-order valence-electron chi connectivity index (χ0n) is 18.8. The molecule has 0 spiro atoms. The average molecular weight is 454 g/mol. The van der Waals surface area contributed by atoms with Gasteiger partial charge in [0.25, 0.3) is 0 Å². The topological polar surface area (TPSA) is 176 Å². The Balaban J connectivity index is 2.07. The van der Waals surface area contributed by atoms with E-state index < -0.39 is 42.0 Å². The first-order valence-electron chi connectivity index (χ1n) is 11.2. The Morgan fingerprint density at radius 2 is 1.62 bits per heavy atom. The Morgan fingerprint density at radius 3 is 2.19 bits per heavy atom. The van der Waals surface area contributed by atoms with Crippen molar-refractivity contribution in [2.45, 2.75) is 83.0 Å². The third-order valence-electron chi connectivity index (χ3n) is 6.00. The van der Waals surface area contributed by atoms with Gasteiger partial charge in [0, 0.05) is 19.5 Å². The molecule has 2 saturated heterocycles. The second-order valence-electron chi connectivity index (χ2n) is 9.02. The summed E-state index contributed by atoms with van der Waals surface area (Å²) in [5.41, 5.74) is 11.1. The van der Waals surface area contributed by atoms with Crippen molar-refractivity contribution in [2.24, 2.45) is 17.4 Å². The summed E-state index contributed by atoms with van der Waals surface area (Å²) < 4.78 is 0. The van der Waals surface area contributed by atoms with E-state index >= 15 is 0 Å². The van der Waals surface area contributed by atoms with E-state index in [1.54, 1.807) is 0 Å². The van der Waals surface area contributed by atoms with Crippen LogP contribution in [-0.4, -0.2) is 81.8 Å². The lowest BCUT2D eigenvalue weighted by molar-refractivity contribution is -0.148. The molecular formula is C21H35N5O6. The molecular weight excluding hydrogens is 418 g/mol. The summed E-state index contributed by atoms with van der Waals surface area (Å²) in [4.78, 5) is 64.3. The number of nitrogens with two attached hydrogens (primary N) is 2. The van der Waals surface area contributed by atoms with Crippen molar-refractivity contribution in [3.05, 3.63) is 0 Å². The lowest BCUT2D eigenvalue weighted by Gasteiger charge is -2.32. The molecule has 0 saturated carbocycles. The van der Waals surface area contributed by atoms with Crippen molar-refractivity contribution in [2.75, 3.05) is 13.1 Å². The lowest BCUT2D eigenvalue weighted by Crippen LogP contribution is -2.56. The van der Waals surface area contributed by atoms with Crippen LogP contribution in [0.2, 0.25) is 0 Å². The Hall–Kier alpha value is -2.69. The molecule has 2 heterocycles. The maximum atomic E-state index is 13.3. The molecule has 4 amide bonds. The van der Waals surface area contributed by atoms with Crippen molar-refractivity contribution in [1.82, 2.24) is 15.1 Å². The number of carboxylic acid groups (broad SMARTS) is 1. The van der Waals surface area contributed by atoms with Crippen LogP contribution in [0.25, 0.3) is 0 Å². The van der Waals surface area contributed by atoms with Gasteiger partial charge in [-0.05, 0) is 44.4 Å². The van der Waals surface area contributed by atoms with Crippen LogP contribution in [-0.2, 0) is 24.0 Å². The summed E-state index contributed by atoms with van der Waals surface area (Å²) >= 11 is 0. The van der Waals surface area contributed by atoms with Gasteiger partial charge in [-0.25, -0.2) is 4.79 Å². The van der Waals surface area contributed by atoms with Gasteiger partial charge >= 0.3 is 5.97 Å². The smallest absolute Gasteiger partial charge is 0.326 e. The number of likely N-dealkylation sites (tertiary alicyclic amines) is 2. The quantitative estimate of drug-likeness (QED) is 0.334. The number of primary amides is 1. The molecule has 2 aliphatic heterocycles. The van der Waals surface area contributed by atoms with Crippen LogP contribution >= 0.6 is 0 Å². The van der Waals surface area contributed by atoms with Gasteiger partial charge in [0.1, 0.15) is 18.1 Å².